The zero-order valence-electron chi connectivity index (χ0n) is 19.6. The van der Waals surface area contributed by atoms with Crippen molar-refractivity contribution in [2.75, 3.05) is 31.1 Å². The lowest BCUT2D eigenvalue weighted by atomic mass is 9.91. The van der Waals surface area contributed by atoms with Crippen LogP contribution < -0.4 is 4.90 Å². The van der Waals surface area contributed by atoms with Crippen LogP contribution in [0, 0.1) is 12.8 Å². The van der Waals surface area contributed by atoms with Crippen LogP contribution in [0.5, 0.6) is 0 Å². The maximum Gasteiger partial charge on any atom is 0.179 e. The van der Waals surface area contributed by atoms with E-state index in [9.17, 15) is 0 Å². The highest BCUT2D eigenvalue weighted by molar-refractivity contribution is 6.35. The molecule has 176 valence electrons. The van der Waals surface area contributed by atoms with Gasteiger partial charge in [0.2, 0.25) is 0 Å². The second-order valence-corrected chi connectivity index (χ2v) is 10.5. The molecule has 0 N–H and O–H groups in total. The molecule has 8 heteroatoms. The molecule has 2 aliphatic heterocycles. The first-order valence-electron chi connectivity index (χ1n) is 12.1. The van der Waals surface area contributed by atoms with E-state index in [1.807, 2.05) is 29.9 Å². The van der Waals surface area contributed by atoms with Gasteiger partial charge in [-0.15, -0.1) is 0 Å². The first-order valence-corrected chi connectivity index (χ1v) is 12.8. The van der Waals surface area contributed by atoms with E-state index in [1.54, 1.807) is 6.07 Å². The molecule has 2 fully saturated rings. The molecule has 3 aromatic rings. The van der Waals surface area contributed by atoms with Gasteiger partial charge >= 0.3 is 0 Å². The van der Waals surface area contributed by atoms with Gasteiger partial charge in [-0.05, 0) is 69.8 Å². The first kappa shape index (κ1) is 22.9. The fraction of sp³-hybridized carbons (Fsp3) is 0.560. The lowest BCUT2D eigenvalue weighted by Crippen LogP contribution is -2.51. The van der Waals surface area contributed by atoms with Gasteiger partial charge in [0, 0.05) is 29.2 Å². The summed E-state index contributed by atoms with van der Waals surface area (Å²) in [6, 6.07) is 6.20. The van der Waals surface area contributed by atoms with E-state index in [0.29, 0.717) is 22.0 Å². The predicted molar refractivity (Wildman–Crippen MR) is 136 cm³/mol. The Labute approximate surface area is 205 Å². The summed E-state index contributed by atoms with van der Waals surface area (Å²) in [5.74, 6) is 1.54. The Morgan fingerprint density at radius 3 is 2.61 bits per heavy atom. The van der Waals surface area contributed by atoms with Crippen molar-refractivity contribution in [1.82, 2.24) is 24.6 Å². The van der Waals surface area contributed by atoms with Crippen molar-refractivity contribution in [3.63, 3.8) is 0 Å². The molecule has 0 bridgehead atoms. The molecule has 3 atom stereocenters. The Kier molecular flexibility index (Phi) is 6.51. The highest BCUT2D eigenvalue weighted by atomic mass is 35.5. The van der Waals surface area contributed by atoms with Crippen LogP contribution in [-0.2, 0) is 0 Å². The van der Waals surface area contributed by atoms with E-state index in [0.717, 1.165) is 41.3 Å². The van der Waals surface area contributed by atoms with Crippen molar-refractivity contribution in [2.45, 2.75) is 58.5 Å². The maximum absolute atomic E-state index is 6.51. The third-order valence-electron chi connectivity index (χ3n) is 7.38. The molecule has 33 heavy (non-hydrogen) atoms. The van der Waals surface area contributed by atoms with E-state index in [2.05, 4.69) is 23.6 Å². The van der Waals surface area contributed by atoms with Crippen molar-refractivity contribution >= 4 is 40.2 Å². The lowest BCUT2D eigenvalue weighted by molar-refractivity contribution is 0.106. The Bertz CT molecular complexity index is 1140. The van der Waals surface area contributed by atoms with Crippen molar-refractivity contribution in [3.8, 4) is 0 Å². The van der Waals surface area contributed by atoms with E-state index < -0.39 is 0 Å². The molecule has 3 unspecified atom stereocenters. The molecule has 2 aromatic heterocycles. The summed E-state index contributed by atoms with van der Waals surface area (Å²) in [5, 5.41) is 6.04. The minimum atomic E-state index is -0.0840. The zero-order chi connectivity index (χ0) is 23.1. The summed E-state index contributed by atoms with van der Waals surface area (Å²) in [7, 11) is 0. The van der Waals surface area contributed by atoms with Gasteiger partial charge in [0.05, 0.1) is 17.9 Å². The molecular weight excluding hydrogens is 455 g/mol. The second-order valence-electron chi connectivity index (χ2n) is 9.65. The monoisotopic (exact) mass is 486 g/mol. The van der Waals surface area contributed by atoms with Crippen molar-refractivity contribution in [2.24, 2.45) is 5.92 Å². The number of rotatable bonds is 4. The van der Waals surface area contributed by atoms with Gasteiger partial charge in [-0.1, -0.05) is 42.6 Å². The summed E-state index contributed by atoms with van der Waals surface area (Å²) in [6.45, 7) is 11.0. The Morgan fingerprint density at radius 2 is 1.88 bits per heavy atom. The fourth-order valence-electron chi connectivity index (χ4n) is 5.57. The summed E-state index contributed by atoms with van der Waals surface area (Å²) < 4.78 is 1.94. The summed E-state index contributed by atoms with van der Waals surface area (Å²) in [5.41, 5.74) is 3.48. The van der Waals surface area contributed by atoms with E-state index in [-0.39, 0.29) is 6.04 Å². The van der Waals surface area contributed by atoms with Crippen LogP contribution in [0.15, 0.2) is 24.4 Å². The Balaban J connectivity index is 1.41. The molecule has 1 aromatic carbocycles. The second kappa shape index (κ2) is 9.40. The highest BCUT2D eigenvalue weighted by Gasteiger charge is 2.32. The number of hydrogen-bond donors (Lipinski definition) is 0. The average molecular weight is 487 g/mol. The number of likely N-dealkylation sites (tertiary alicyclic amines) is 1. The number of anilines is 1. The van der Waals surface area contributed by atoms with E-state index in [4.69, 9.17) is 38.3 Å². The van der Waals surface area contributed by atoms with Crippen molar-refractivity contribution < 1.29 is 0 Å². The van der Waals surface area contributed by atoms with E-state index >= 15 is 0 Å². The van der Waals surface area contributed by atoms with Gasteiger partial charge in [0.1, 0.15) is 11.3 Å². The van der Waals surface area contributed by atoms with Gasteiger partial charge in [0.15, 0.2) is 5.65 Å². The lowest BCUT2D eigenvalue weighted by Gasteiger charge is -2.44. The van der Waals surface area contributed by atoms with Gasteiger partial charge in [-0.2, -0.15) is 5.10 Å². The minimum Gasteiger partial charge on any atom is -0.355 e. The van der Waals surface area contributed by atoms with Crippen LogP contribution in [0.3, 0.4) is 0 Å². The first-order chi connectivity index (χ1) is 15.9. The number of piperidine rings is 2. The normalized spacial score (nSPS) is 23.2. The molecule has 2 saturated heterocycles. The molecule has 0 radical (unpaired) electrons. The molecule has 6 nitrogen and oxygen atoms in total. The van der Waals surface area contributed by atoms with Crippen LogP contribution in [0.25, 0.3) is 11.2 Å². The van der Waals surface area contributed by atoms with Crippen molar-refractivity contribution in [1.29, 1.82) is 0 Å². The van der Waals surface area contributed by atoms with Gasteiger partial charge in [0.25, 0.3) is 0 Å². The molecule has 2 aliphatic rings. The minimum absolute atomic E-state index is 0.0840. The van der Waals surface area contributed by atoms with E-state index in [1.165, 1.54) is 38.8 Å². The third-order valence-corrected chi connectivity index (χ3v) is 7.94. The molecule has 0 aliphatic carbocycles. The van der Waals surface area contributed by atoms with Gasteiger partial charge in [-0.3, -0.25) is 4.90 Å². The smallest absolute Gasteiger partial charge is 0.179 e. The van der Waals surface area contributed by atoms with Crippen LogP contribution in [0.4, 0.5) is 5.82 Å². The molecular formula is C25H32Cl2N6. The summed E-state index contributed by atoms with van der Waals surface area (Å²) >= 11 is 12.6. The molecule has 0 amide bonds. The molecule has 4 heterocycles. The van der Waals surface area contributed by atoms with Crippen LogP contribution >= 0.6 is 23.2 Å². The van der Waals surface area contributed by atoms with Crippen LogP contribution in [0.2, 0.25) is 10.0 Å². The Morgan fingerprint density at radius 1 is 1.09 bits per heavy atom. The van der Waals surface area contributed by atoms with Gasteiger partial charge < -0.3 is 4.90 Å². The Hall–Kier alpha value is -1.89. The molecule has 0 saturated carbocycles. The van der Waals surface area contributed by atoms with Crippen LogP contribution in [-0.4, -0.2) is 56.9 Å². The average Bonchev–Trinajstić information content (AvgIpc) is 3.15. The number of hydrogen-bond acceptors (Lipinski definition) is 5. The van der Waals surface area contributed by atoms with Gasteiger partial charge in [-0.25, -0.2) is 14.6 Å². The number of aromatic nitrogens is 4. The number of fused-ring (bicyclic) bond motifs is 1. The largest absolute Gasteiger partial charge is 0.355 e. The quantitative estimate of drug-likeness (QED) is 0.469. The zero-order valence-corrected chi connectivity index (χ0v) is 21.1. The molecule has 0 spiro atoms. The third kappa shape index (κ3) is 4.45. The maximum atomic E-state index is 6.51. The van der Waals surface area contributed by atoms with Crippen LogP contribution in [0.1, 0.15) is 56.8 Å². The molecule has 5 rings (SSSR count). The fourth-order valence-corrected chi connectivity index (χ4v) is 6.14. The standard InChI is InChI=1S/C25H32Cl2N6/c1-16-15-32(12-9-22(16)31-10-5-4-6-11-31)23-14-28-24-17(2)30-33(25(24)29-23)18(3)20-8-7-19(26)13-21(20)27/h7-8,13-14,16,18,22H,4-6,9-12,15H2,1-3H3. The summed E-state index contributed by atoms with van der Waals surface area (Å²) in [6.07, 6.45) is 7.15. The topological polar surface area (TPSA) is 50.1 Å². The number of nitrogens with zero attached hydrogens (tertiary/aromatic N) is 6. The number of halogens is 2. The number of aryl methyl sites for hydroxylation is 1. The highest BCUT2D eigenvalue weighted by Crippen LogP contribution is 2.32. The summed E-state index contributed by atoms with van der Waals surface area (Å²) in [4.78, 5) is 14.9. The SMILES string of the molecule is Cc1nn(C(C)c2ccc(Cl)cc2Cl)c2nc(N3CCC(N4CCCCC4)C(C)C3)cnc12. The van der Waals surface area contributed by atoms with Crippen molar-refractivity contribution in [3.05, 3.63) is 45.7 Å². The predicted octanol–water partition coefficient (Wildman–Crippen LogP) is 5.75. The number of benzene rings is 1.